The minimum Gasteiger partial charge on any atom is -0.493 e. The molecule has 1 aliphatic carbocycles. The number of nitrogens with zero attached hydrogens (tertiary/aromatic N) is 3. The first-order valence-electron chi connectivity index (χ1n) is 9.61. The third kappa shape index (κ3) is 3.57. The number of fused-ring (bicyclic) bond motifs is 3. The number of methoxy groups -OCH3 is 2. The van der Waals surface area contributed by atoms with Gasteiger partial charge in [0, 0.05) is 29.7 Å². The normalized spacial score (nSPS) is 15.8. The van der Waals surface area contributed by atoms with Crippen molar-refractivity contribution in [1.82, 2.24) is 14.2 Å². The predicted octanol–water partition coefficient (Wildman–Crippen LogP) is 2.28. The predicted molar refractivity (Wildman–Crippen MR) is 109 cm³/mol. The number of nitrogens with one attached hydrogen (secondary N) is 1. The number of aromatic nitrogens is 3. The molecule has 0 radical (unpaired) electrons. The maximum absolute atomic E-state index is 13.0. The van der Waals surface area contributed by atoms with Crippen molar-refractivity contribution in [2.24, 2.45) is 5.92 Å². The quantitative estimate of drug-likeness (QED) is 0.715. The molecule has 3 aromatic rings. The van der Waals surface area contributed by atoms with Crippen LogP contribution in [0.5, 0.6) is 11.5 Å². The molecule has 29 heavy (non-hydrogen) atoms. The Labute approximate surface area is 168 Å². The van der Waals surface area contributed by atoms with Crippen molar-refractivity contribution in [1.29, 1.82) is 0 Å². The van der Waals surface area contributed by atoms with Crippen LogP contribution in [-0.4, -0.2) is 34.3 Å². The highest BCUT2D eigenvalue weighted by molar-refractivity contribution is 5.91. The molecule has 1 amide bonds. The molecule has 0 unspecified atom stereocenters. The molecule has 4 rings (SSSR count). The molecule has 2 aromatic heterocycles. The molecule has 8 heteroatoms. The van der Waals surface area contributed by atoms with Crippen LogP contribution in [0.3, 0.4) is 0 Å². The molecule has 0 bridgehead atoms. The number of hydrogen-bond acceptors (Lipinski definition) is 5. The molecule has 0 saturated heterocycles. The summed E-state index contributed by atoms with van der Waals surface area (Å²) >= 11 is 0. The Morgan fingerprint density at radius 3 is 2.79 bits per heavy atom. The van der Waals surface area contributed by atoms with Gasteiger partial charge in [0.1, 0.15) is 12.1 Å². The maximum atomic E-state index is 13.0. The van der Waals surface area contributed by atoms with Crippen molar-refractivity contribution in [2.75, 3.05) is 19.5 Å². The molecule has 0 spiro atoms. The van der Waals surface area contributed by atoms with E-state index in [4.69, 9.17) is 9.47 Å². The lowest BCUT2D eigenvalue weighted by atomic mass is 9.88. The fourth-order valence-corrected chi connectivity index (χ4v) is 3.84. The van der Waals surface area contributed by atoms with Gasteiger partial charge in [-0.2, -0.15) is 5.10 Å². The molecule has 152 valence electrons. The fourth-order valence-electron chi connectivity index (χ4n) is 3.84. The lowest BCUT2D eigenvalue weighted by molar-refractivity contribution is -0.116. The molecule has 0 saturated carbocycles. The van der Waals surface area contributed by atoms with Crippen LogP contribution in [-0.2, 0) is 24.2 Å². The second kappa shape index (κ2) is 7.62. The van der Waals surface area contributed by atoms with Crippen molar-refractivity contribution in [3.05, 3.63) is 52.2 Å². The van der Waals surface area contributed by atoms with E-state index in [2.05, 4.69) is 17.3 Å². The zero-order valence-electron chi connectivity index (χ0n) is 16.8. The lowest BCUT2D eigenvalue weighted by Crippen LogP contribution is -2.28. The summed E-state index contributed by atoms with van der Waals surface area (Å²) in [5.74, 6) is 1.32. The second-order valence-electron chi connectivity index (χ2n) is 7.42. The van der Waals surface area contributed by atoms with Gasteiger partial charge in [0.2, 0.25) is 5.91 Å². The summed E-state index contributed by atoms with van der Waals surface area (Å²) in [6, 6.07) is 5.11. The Bertz CT molecular complexity index is 1130. The van der Waals surface area contributed by atoms with E-state index in [0.717, 1.165) is 30.5 Å². The minimum absolute atomic E-state index is 0.0841. The Balaban J connectivity index is 1.58. The molecule has 1 N–H and O–H groups in total. The SMILES string of the molecule is COc1ccc(NC(=O)Cn2ccn3nc4c(c3c2=O)C[C@H](C)CC4)cc1OC. The molecule has 8 nitrogen and oxygen atoms in total. The van der Waals surface area contributed by atoms with E-state index in [1.54, 1.807) is 42.2 Å². The summed E-state index contributed by atoms with van der Waals surface area (Å²) in [4.78, 5) is 25.6. The number of ether oxygens (including phenoxy) is 2. The van der Waals surface area contributed by atoms with Crippen molar-refractivity contribution < 1.29 is 14.3 Å². The van der Waals surface area contributed by atoms with E-state index in [1.807, 2.05) is 0 Å². The number of hydrogen-bond donors (Lipinski definition) is 1. The highest BCUT2D eigenvalue weighted by atomic mass is 16.5. The number of carbonyl (C=O) groups excluding carboxylic acids is 1. The lowest BCUT2D eigenvalue weighted by Gasteiger charge is -2.16. The third-order valence-corrected chi connectivity index (χ3v) is 5.35. The highest BCUT2D eigenvalue weighted by Gasteiger charge is 2.23. The molecule has 0 fully saturated rings. The van der Waals surface area contributed by atoms with Crippen LogP contribution in [0.15, 0.2) is 35.4 Å². The van der Waals surface area contributed by atoms with Crippen LogP contribution in [0.4, 0.5) is 5.69 Å². The molecule has 0 aliphatic heterocycles. The average molecular weight is 396 g/mol. The average Bonchev–Trinajstić information content (AvgIpc) is 3.08. The topological polar surface area (TPSA) is 86.9 Å². The first-order chi connectivity index (χ1) is 14.0. The monoisotopic (exact) mass is 396 g/mol. The highest BCUT2D eigenvalue weighted by Crippen LogP contribution is 2.30. The van der Waals surface area contributed by atoms with E-state index < -0.39 is 0 Å². The summed E-state index contributed by atoms with van der Waals surface area (Å²) in [6.45, 7) is 2.10. The summed E-state index contributed by atoms with van der Waals surface area (Å²) < 4.78 is 13.5. The van der Waals surface area contributed by atoms with Gasteiger partial charge < -0.3 is 19.4 Å². The standard InChI is InChI=1S/C21H24N4O4/c1-13-4-6-16-15(10-13)20-21(27)24(8-9-25(20)23-16)12-19(26)22-14-5-7-17(28-2)18(11-14)29-3/h5,7-9,11,13H,4,6,10,12H2,1-3H3,(H,22,26)/t13-/m1/s1. The molecule has 1 aliphatic rings. The molecular weight excluding hydrogens is 372 g/mol. The minimum atomic E-state index is -0.301. The van der Waals surface area contributed by atoms with E-state index in [-0.39, 0.29) is 18.0 Å². The van der Waals surface area contributed by atoms with Gasteiger partial charge in [0.15, 0.2) is 11.5 Å². The molecule has 2 heterocycles. The number of amides is 1. The number of anilines is 1. The largest absolute Gasteiger partial charge is 0.493 e. The van der Waals surface area contributed by atoms with Gasteiger partial charge in [-0.3, -0.25) is 9.59 Å². The van der Waals surface area contributed by atoms with Crippen LogP contribution in [0.2, 0.25) is 0 Å². The summed E-state index contributed by atoms with van der Waals surface area (Å²) in [6.07, 6.45) is 6.15. The summed E-state index contributed by atoms with van der Waals surface area (Å²) in [5, 5.41) is 7.35. The molecular formula is C21H24N4O4. The smallest absolute Gasteiger partial charge is 0.277 e. The van der Waals surface area contributed by atoms with Crippen LogP contribution in [0.1, 0.15) is 24.6 Å². The van der Waals surface area contributed by atoms with Crippen molar-refractivity contribution in [3.8, 4) is 11.5 Å². The summed E-state index contributed by atoms with van der Waals surface area (Å²) in [5.41, 5.74) is 2.96. The van der Waals surface area contributed by atoms with E-state index in [1.165, 1.54) is 11.7 Å². The van der Waals surface area contributed by atoms with Gasteiger partial charge in [-0.15, -0.1) is 0 Å². The Morgan fingerprint density at radius 1 is 1.24 bits per heavy atom. The van der Waals surface area contributed by atoms with E-state index in [9.17, 15) is 9.59 Å². The van der Waals surface area contributed by atoms with Crippen LogP contribution >= 0.6 is 0 Å². The fraction of sp³-hybridized carbons (Fsp3) is 0.381. The number of aryl methyl sites for hydroxylation is 1. The molecule has 1 atom stereocenters. The van der Waals surface area contributed by atoms with Crippen molar-refractivity contribution in [2.45, 2.75) is 32.7 Å². The van der Waals surface area contributed by atoms with Crippen molar-refractivity contribution >= 4 is 17.1 Å². The van der Waals surface area contributed by atoms with Crippen molar-refractivity contribution in [3.63, 3.8) is 0 Å². The third-order valence-electron chi connectivity index (χ3n) is 5.35. The Hall–Kier alpha value is -3.29. The van der Waals surface area contributed by atoms with Crippen LogP contribution < -0.4 is 20.3 Å². The van der Waals surface area contributed by atoms with Gasteiger partial charge in [-0.05, 0) is 37.3 Å². The maximum Gasteiger partial charge on any atom is 0.277 e. The molecule has 1 aromatic carbocycles. The first kappa shape index (κ1) is 19.0. The van der Waals surface area contributed by atoms with Crippen LogP contribution in [0, 0.1) is 5.92 Å². The zero-order valence-corrected chi connectivity index (χ0v) is 16.8. The van der Waals surface area contributed by atoms with Crippen LogP contribution in [0.25, 0.3) is 5.52 Å². The van der Waals surface area contributed by atoms with E-state index >= 15 is 0 Å². The van der Waals surface area contributed by atoms with E-state index in [0.29, 0.717) is 28.6 Å². The Kier molecular flexibility index (Phi) is 5.00. The second-order valence-corrected chi connectivity index (χ2v) is 7.42. The van der Waals surface area contributed by atoms with Gasteiger partial charge in [0.25, 0.3) is 5.56 Å². The summed E-state index contributed by atoms with van der Waals surface area (Å²) in [7, 11) is 3.08. The van der Waals surface area contributed by atoms with Gasteiger partial charge in [0.05, 0.1) is 19.9 Å². The number of carbonyl (C=O) groups is 1. The first-order valence-corrected chi connectivity index (χ1v) is 9.61. The zero-order chi connectivity index (χ0) is 20.5. The number of rotatable bonds is 5. The van der Waals surface area contributed by atoms with Gasteiger partial charge in [-0.1, -0.05) is 6.92 Å². The van der Waals surface area contributed by atoms with Gasteiger partial charge >= 0.3 is 0 Å². The van der Waals surface area contributed by atoms with Gasteiger partial charge in [-0.25, -0.2) is 4.52 Å². The Morgan fingerprint density at radius 2 is 2.03 bits per heavy atom. The number of benzene rings is 1.